The Kier molecular flexibility index (Phi) is 8.29. The first-order valence-electron chi connectivity index (χ1n) is 11.7. The molecule has 0 spiro atoms. The number of benzene rings is 2. The highest BCUT2D eigenvalue weighted by molar-refractivity contribution is 5.76. The molecule has 32 heavy (non-hydrogen) atoms. The number of β-amino-alcohol motifs (C(OH)–C–C–N with tert-alkyl or cyclic N) is 1. The average Bonchev–Trinajstić information content (AvgIpc) is 2.81. The summed E-state index contributed by atoms with van der Waals surface area (Å²) in [5.41, 5.74) is 2.38. The molecule has 2 N–H and O–H groups in total. The van der Waals surface area contributed by atoms with Crippen molar-refractivity contribution in [2.45, 2.75) is 56.6 Å². The van der Waals surface area contributed by atoms with E-state index in [1.165, 1.54) is 5.56 Å². The molecule has 1 amide bonds. The van der Waals surface area contributed by atoms with Gasteiger partial charge in [0.1, 0.15) is 0 Å². The van der Waals surface area contributed by atoms with Gasteiger partial charge in [-0.15, -0.1) is 0 Å². The van der Waals surface area contributed by atoms with Gasteiger partial charge in [0, 0.05) is 25.7 Å². The van der Waals surface area contributed by atoms with Crippen LogP contribution in [0.15, 0.2) is 60.7 Å². The van der Waals surface area contributed by atoms with Gasteiger partial charge in [0.15, 0.2) is 0 Å². The number of carbonyl (C=O) groups excluding carboxylic acids is 1. The second-order valence-corrected chi connectivity index (χ2v) is 8.83. The molecule has 0 aliphatic carbocycles. The highest BCUT2D eigenvalue weighted by Crippen LogP contribution is 2.28. The third-order valence-corrected chi connectivity index (χ3v) is 6.36. The molecule has 0 unspecified atom stereocenters. The molecule has 6 nitrogen and oxygen atoms in total. The van der Waals surface area contributed by atoms with Crippen molar-refractivity contribution in [2.24, 2.45) is 0 Å². The smallest absolute Gasteiger partial charge is 0.222 e. The lowest BCUT2D eigenvalue weighted by Gasteiger charge is -2.44. The maximum atomic E-state index is 12.5. The molecule has 2 heterocycles. The Morgan fingerprint density at radius 3 is 2.47 bits per heavy atom. The van der Waals surface area contributed by atoms with Crippen molar-refractivity contribution in [1.29, 1.82) is 0 Å². The van der Waals surface area contributed by atoms with E-state index in [0.717, 1.165) is 31.4 Å². The molecular weight excluding hydrogens is 404 g/mol. The topological polar surface area (TPSA) is 71.0 Å². The van der Waals surface area contributed by atoms with E-state index in [1.807, 2.05) is 36.4 Å². The summed E-state index contributed by atoms with van der Waals surface area (Å²) in [4.78, 5) is 14.8. The number of hydrogen-bond donors (Lipinski definition) is 2. The van der Waals surface area contributed by atoms with E-state index in [4.69, 9.17) is 9.47 Å². The standard InChI is InChI=1S/C26H34N2O4/c29-22-17-28(14-13-20-7-3-1-4-8-20)24-12-11-23(32-25(24)19-31-18-22)15-26(30)27-16-21-9-5-2-6-10-21/h1-10,22-25,29H,11-19H2,(H,27,30)/t22-,23+,24+,25-/m1/s1. The molecule has 0 aromatic heterocycles. The van der Waals surface area contributed by atoms with Crippen LogP contribution in [-0.2, 0) is 27.2 Å². The average molecular weight is 439 g/mol. The van der Waals surface area contributed by atoms with Crippen LogP contribution in [0.25, 0.3) is 0 Å². The van der Waals surface area contributed by atoms with E-state index < -0.39 is 6.10 Å². The van der Waals surface area contributed by atoms with Crippen molar-refractivity contribution in [3.63, 3.8) is 0 Å². The fourth-order valence-corrected chi connectivity index (χ4v) is 4.70. The maximum absolute atomic E-state index is 12.5. The van der Waals surface area contributed by atoms with Gasteiger partial charge < -0.3 is 19.9 Å². The summed E-state index contributed by atoms with van der Waals surface area (Å²) in [5.74, 6) is 0.0143. The molecule has 4 atom stereocenters. The fourth-order valence-electron chi connectivity index (χ4n) is 4.70. The zero-order valence-electron chi connectivity index (χ0n) is 18.6. The van der Waals surface area contributed by atoms with Crippen LogP contribution in [0.5, 0.6) is 0 Å². The van der Waals surface area contributed by atoms with Crippen molar-refractivity contribution in [3.8, 4) is 0 Å². The second-order valence-electron chi connectivity index (χ2n) is 8.83. The number of aliphatic hydroxyl groups excluding tert-OH is 1. The van der Waals surface area contributed by atoms with Crippen molar-refractivity contribution >= 4 is 5.91 Å². The molecular formula is C26H34N2O4. The largest absolute Gasteiger partial charge is 0.389 e. The van der Waals surface area contributed by atoms with Gasteiger partial charge in [-0.05, 0) is 30.4 Å². The molecule has 172 valence electrons. The SMILES string of the molecule is O=C(C[C@@H]1CC[C@H]2[C@@H](COC[C@H](O)CN2CCc2ccccc2)O1)NCc1ccccc1. The summed E-state index contributed by atoms with van der Waals surface area (Å²) >= 11 is 0. The zero-order valence-corrected chi connectivity index (χ0v) is 18.6. The van der Waals surface area contributed by atoms with Crippen LogP contribution in [0.3, 0.4) is 0 Å². The quantitative estimate of drug-likeness (QED) is 0.695. The van der Waals surface area contributed by atoms with Crippen LogP contribution in [0, 0.1) is 0 Å². The molecule has 6 heteroatoms. The van der Waals surface area contributed by atoms with Crippen molar-refractivity contribution < 1.29 is 19.4 Å². The lowest BCUT2D eigenvalue weighted by molar-refractivity contribution is -0.156. The minimum Gasteiger partial charge on any atom is -0.389 e. The van der Waals surface area contributed by atoms with E-state index in [9.17, 15) is 9.90 Å². The first-order valence-corrected chi connectivity index (χ1v) is 11.7. The molecule has 0 saturated carbocycles. The number of ether oxygens (including phenoxy) is 2. The molecule has 2 aromatic carbocycles. The first kappa shape index (κ1) is 22.9. The van der Waals surface area contributed by atoms with E-state index in [-0.39, 0.29) is 24.2 Å². The third-order valence-electron chi connectivity index (χ3n) is 6.36. The summed E-state index contributed by atoms with van der Waals surface area (Å²) in [6.45, 7) is 2.75. The molecule has 2 saturated heterocycles. The highest BCUT2D eigenvalue weighted by Gasteiger charge is 2.37. The molecule has 2 aliphatic heterocycles. The van der Waals surface area contributed by atoms with Gasteiger partial charge in [-0.1, -0.05) is 60.7 Å². The molecule has 2 aromatic rings. The van der Waals surface area contributed by atoms with Crippen molar-refractivity contribution in [1.82, 2.24) is 10.2 Å². The molecule has 4 rings (SSSR count). The van der Waals surface area contributed by atoms with Crippen LogP contribution in [0.1, 0.15) is 30.4 Å². The van der Waals surface area contributed by atoms with Gasteiger partial charge in [0.25, 0.3) is 0 Å². The summed E-state index contributed by atoms with van der Waals surface area (Å²) in [6, 6.07) is 20.6. The summed E-state index contributed by atoms with van der Waals surface area (Å²) in [6.07, 6.45) is 2.39. The first-order chi connectivity index (χ1) is 15.7. The number of fused-ring (bicyclic) bond motifs is 1. The summed E-state index contributed by atoms with van der Waals surface area (Å²) in [7, 11) is 0. The van der Waals surface area contributed by atoms with Gasteiger partial charge in [-0.3, -0.25) is 9.69 Å². The van der Waals surface area contributed by atoms with Crippen molar-refractivity contribution in [2.75, 3.05) is 26.3 Å². The number of nitrogens with zero attached hydrogens (tertiary/aromatic N) is 1. The fraction of sp³-hybridized carbons (Fsp3) is 0.500. The molecule has 0 radical (unpaired) electrons. The van der Waals surface area contributed by atoms with Gasteiger partial charge in [-0.25, -0.2) is 0 Å². The van der Waals surface area contributed by atoms with E-state index >= 15 is 0 Å². The number of carbonyl (C=O) groups is 1. The Morgan fingerprint density at radius 1 is 1.00 bits per heavy atom. The van der Waals surface area contributed by atoms with Gasteiger partial charge in [-0.2, -0.15) is 0 Å². The van der Waals surface area contributed by atoms with Gasteiger partial charge >= 0.3 is 0 Å². The van der Waals surface area contributed by atoms with Crippen LogP contribution in [0.4, 0.5) is 0 Å². The normalized spacial score (nSPS) is 26.5. The van der Waals surface area contributed by atoms with E-state index in [2.05, 4.69) is 34.5 Å². The number of amides is 1. The minimum atomic E-state index is -0.492. The Hall–Kier alpha value is -2.25. The minimum absolute atomic E-state index is 0.0143. The number of hydrogen-bond acceptors (Lipinski definition) is 5. The number of rotatable bonds is 7. The Balaban J connectivity index is 1.31. The number of nitrogens with one attached hydrogen (secondary N) is 1. The van der Waals surface area contributed by atoms with Crippen LogP contribution in [-0.4, -0.2) is 66.6 Å². The molecule has 2 aliphatic rings. The summed E-state index contributed by atoms with van der Waals surface area (Å²) < 4.78 is 12.1. The lowest BCUT2D eigenvalue weighted by atomic mass is 9.94. The van der Waals surface area contributed by atoms with Gasteiger partial charge in [0.05, 0.1) is 37.9 Å². The van der Waals surface area contributed by atoms with E-state index in [0.29, 0.717) is 32.7 Å². The molecule has 0 bridgehead atoms. The lowest BCUT2D eigenvalue weighted by Crippen LogP contribution is -2.56. The second kappa shape index (κ2) is 11.6. The molecule has 2 fully saturated rings. The number of aliphatic hydroxyl groups is 1. The monoisotopic (exact) mass is 438 g/mol. The van der Waals surface area contributed by atoms with Crippen LogP contribution in [0.2, 0.25) is 0 Å². The Bertz CT molecular complexity index is 832. The Labute approximate surface area is 190 Å². The van der Waals surface area contributed by atoms with Crippen LogP contribution < -0.4 is 5.32 Å². The maximum Gasteiger partial charge on any atom is 0.222 e. The van der Waals surface area contributed by atoms with Gasteiger partial charge in [0.2, 0.25) is 5.91 Å². The predicted molar refractivity (Wildman–Crippen MR) is 123 cm³/mol. The highest BCUT2D eigenvalue weighted by atomic mass is 16.5. The van der Waals surface area contributed by atoms with Crippen LogP contribution >= 0.6 is 0 Å². The van der Waals surface area contributed by atoms with E-state index in [1.54, 1.807) is 0 Å². The predicted octanol–water partition coefficient (Wildman–Crippen LogP) is 2.54. The zero-order chi connectivity index (χ0) is 22.2. The van der Waals surface area contributed by atoms with Crippen molar-refractivity contribution in [3.05, 3.63) is 71.8 Å². The third kappa shape index (κ3) is 6.62. The Morgan fingerprint density at radius 2 is 1.72 bits per heavy atom. The summed E-state index contributed by atoms with van der Waals surface area (Å²) in [5, 5.41) is 13.3.